The monoisotopic (exact) mass is 611 g/mol. The molecule has 2 fully saturated rings. The fourth-order valence-electron chi connectivity index (χ4n) is 5.55. The SMILES string of the molecule is Cc1cc(Br)cc(C)c1CN(C)C(=O)C1(n2cc(C3(c4ccc(F)cc4)CC3)nn2)CN(C(=O)OC(C)(C)C)C1. The number of halogens is 2. The number of aromatic nitrogens is 3. The van der Waals surface area contributed by atoms with E-state index in [1.54, 1.807) is 28.8 Å². The highest BCUT2D eigenvalue weighted by molar-refractivity contribution is 9.10. The maximum atomic E-state index is 14.2. The second-order valence-corrected chi connectivity index (χ2v) is 13.1. The van der Waals surface area contributed by atoms with Gasteiger partial charge in [0.1, 0.15) is 11.4 Å². The summed E-state index contributed by atoms with van der Waals surface area (Å²) in [6, 6.07) is 10.6. The zero-order chi connectivity index (χ0) is 29.0. The van der Waals surface area contributed by atoms with Crippen LogP contribution in [-0.4, -0.2) is 62.5 Å². The van der Waals surface area contributed by atoms with Crippen molar-refractivity contribution in [1.82, 2.24) is 24.8 Å². The van der Waals surface area contributed by atoms with Gasteiger partial charge in [0.25, 0.3) is 5.91 Å². The lowest BCUT2D eigenvalue weighted by atomic mass is 9.87. The van der Waals surface area contributed by atoms with Gasteiger partial charge in [-0.25, -0.2) is 13.9 Å². The van der Waals surface area contributed by atoms with Crippen molar-refractivity contribution in [2.75, 3.05) is 20.1 Å². The standard InChI is InChI=1S/C30H35BrFN5O3/c1-19-13-22(31)14-20(2)24(19)15-35(6)26(38)30(17-36(18-30)27(39)40-28(3,4)5)37-16-25(33-34-37)29(11-12-29)21-7-9-23(32)10-8-21/h7-10,13-14,16H,11-12,15,17-18H2,1-6H3. The van der Waals surface area contributed by atoms with Crippen molar-refractivity contribution in [3.05, 3.63) is 80.8 Å². The van der Waals surface area contributed by atoms with Gasteiger partial charge >= 0.3 is 6.09 Å². The van der Waals surface area contributed by atoms with Gasteiger partial charge in [0.15, 0.2) is 5.54 Å². The molecule has 0 radical (unpaired) electrons. The van der Waals surface area contributed by atoms with E-state index in [9.17, 15) is 14.0 Å². The highest BCUT2D eigenvalue weighted by Crippen LogP contribution is 2.53. The summed E-state index contributed by atoms with van der Waals surface area (Å²) in [4.78, 5) is 30.3. The Morgan fingerprint density at radius 1 is 1.10 bits per heavy atom. The molecule has 1 saturated heterocycles. The number of benzene rings is 2. The van der Waals surface area contributed by atoms with E-state index < -0.39 is 17.2 Å². The van der Waals surface area contributed by atoms with Gasteiger partial charge in [-0.1, -0.05) is 33.3 Å². The van der Waals surface area contributed by atoms with E-state index in [0.29, 0.717) is 6.54 Å². The predicted molar refractivity (Wildman–Crippen MR) is 152 cm³/mol. The van der Waals surface area contributed by atoms with Crippen LogP contribution in [0.25, 0.3) is 0 Å². The molecule has 2 heterocycles. The van der Waals surface area contributed by atoms with Crippen LogP contribution in [0.3, 0.4) is 0 Å². The molecular formula is C30H35BrFN5O3. The van der Waals surface area contributed by atoms with Gasteiger partial charge in [0.2, 0.25) is 0 Å². The number of carbonyl (C=O) groups is 2. The van der Waals surface area contributed by atoms with Crippen molar-refractivity contribution in [1.29, 1.82) is 0 Å². The average Bonchev–Trinajstić information content (AvgIpc) is 3.49. The quantitative estimate of drug-likeness (QED) is 0.369. The Morgan fingerprint density at radius 3 is 2.25 bits per heavy atom. The highest BCUT2D eigenvalue weighted by Gasteiger charge is 2.57. The third-order valence-electron chi connectivity index (χ3n) is 7.93. The molecule has 2 aliphatic rings. The number of nitrogens with zero attached hydrogens (tertiary/aromatic N) is 5. The molecular weight excluding hydrogens is 577 g/mol. The van der Waals surface area contributed by atoms with Gasteiger partial charge in [-0.3, -0.25) is 4.79 Å². The van der Waals surface area contributed by atoms with Crippen LogP contribution in [0.2, 0.25) is 0 Å². The third-order valence-corrected chi connectivity index (χ3v) is 8.38. The Balaban J connectivity index is 1.45. The molecule has 40 heavy (non-hydrogen) atoms. The van der Waals surface area contributed by atoms with E-state index in [2.05, 4.69) is 26.2 Å². The number of hydrogen-bond donors (Lipinski definition) is 0. The Hall–Kier alpha value is -3.27. The predicted octanol–water partition coefficient (Wildman–Crippen LogP) is 5.48. The number of aryl methyl sites for hydroxylation is 2. The van der Waals surface area contributed by atoms with Crippen LogP contribution in [0.15, 0.2) is 47.1 Å². The molecule has 5 rings (SSSR count). The molecule has 212 valence electrons. The Labute approximate surface area is 242 Å². The largest absolute Gasteiger partial charge is 0.444 e. The van der Waals surface area contributed by atoms with Gasteiger partial charge in [-0.15, -0.1) is 5.10 Å². The van der Waals surface area contributed by atoms with Gasteiger partial charge in [-0.05, 0) is 94.0 Å². The second kappa shape index (κ2) is 9.98. The normalized spacial score (nSPS) is 17.2. The molecule has 0 atom stereocenters. The zero-order valence-corrected chi connectivity index (χ0v) is 25.4. The van der Waals surface area contributed by atoms with Crippen LogP contribution in [0.4, 0.5) is 9.18 Å². The van der Waals surface area contributed by atoms with Crippen molar-refractivity contribution in [3.63, 3.8) is 0 Å². The van der Waals surface area contributed by atoms with Crippen molar-refractivity contribution in [3.8, 4) is 0 Å². The maximum Gasteiger partial charge on any atom is 0.410 e. The smallest absolute Gasteiger partial charge is 0.410 e. The molecule has 1 aliphatic carbocycles. The summed E-state index contributed by atoms with van der Waals surface area (Å²) in [5.74, 6) is -0.444. The summed E-state index contributed by atoms with van der Waals surface area (Å²) in [5.41, 5.74) is 2.85. The highest BCUT2D eigenvalue weighted by atomic mass is 79.9. The van der Waals surface area contributed by atoms with E-state index in [-0.39, 0.29) is 30.2 Å². The lowest BCUT2D eigenvalue weighted by Gasteiger charge is -2.49. The van der Waals surface area contributed by atoms with Crippen LogP contribution >= 0.6 is 15.9 Å². The van der Waals surface area contributed by atoms with Gasteiger partial charge in [0.05, 0.1) is 25.0 Å². The minimum Gasteiger partial charge on any atom is -0.444 e. The van der Waals surface area contributed by atoms with Gasteiger partial charge in [0, 0.05) is 23.5 Å². The summed E-state index contributed by atoms with van der Waals surface area (Å²) in [7, 11) is 1.78. The molecule has 2 aromatic carbocycles. The van der Waals surface area contributed by atoms with Gasteiger partial charge in [-0.2, -0.15) is 0 Å². The maximum absolute atomic E-state index is 14.2. The zero-order valence-electron chi connectivity index (χ0n) is 23.8. The topological polar surface area (TPSA) is 80.6 Å². The van der Waals surface area contributed by atoms with Gasteiger partial charge < -0.3 is 14.5 Å². The Morgan fingerprint density at radius 2 is 1.70 bits per heavy atom. The Kier molecular flexibility index (Phi) is 7.05. The van der Waals surface area contributed by atoms with Crippen molar-refractivity contribution in [2.45, 2.75) is 70.6 Å². The van der Waals surface area contributed by atoms with Crippen LogP contribution in [0, 0.1) is 19.7 Å². The first-order valence-electron chi connectivity index (χ1n) is 13.4. The molecule has 0 spiro atoms. The average molecular weight is 613 g/mol. The van der Waals surface area contributed by atoms with Crippen molar-refractivity contribution < 1.29 is 18.7 Å². The first kappa shape index (κ1) is 28.3. The molecule has 1 aliphatic heterocycles. The summed E-state index contributed by atoms with van der Waals surface area (Å²) in [6.07, 6.45) is 3.09. The molecule has 2 amide bonds. The minimum absolute atomic E-state index is 0.121. The summed E-state index contributed by atoms with van der Waals surface area (Å²) in [5, 5.41) is 8.94. The number of likely N-dealkylation sites (tertiary alicyclic amines) is 1. The fraction of sp³-hybridized carbons (Fsp3) is 0.467. The van der Waals surface area contributed by atoms with E-state index >= 15 is 0 Å². The lowest BCUT2D eigenvalue weighted by molar-refractivity contribution is -0.150. The lowest BCUT2D eigenvalue weighted by Crippen LogP contribution is -2.70. The van der Waals surface area contributed by atoms with Crippen LogP contribution in [0.1, 0.15) is 61.6 Å². The fourth-order valence-corrected chi connectivity index (χ4v) is 6.24. The van der Waals surface area contributed by atoms with E-state index in [4.69, 9.17) is 4.74 Å². The third kappa shape index (κ3) is 5.13. The summed E-state index contributed by atoms with van der Waals surface area (Å²) < 4.78 is 21.8. The number of likely N-dealkylation sites (N-methyl/N-ethyl adjacent to an activating group) is 1. The number of hydrogen-bond acceptors (Lipinski definition) is 5. The second-order valence-electron chi connectivity index (χ2n) is 12.2. The first-order valence-corrected chi connectivity index (χ1v) is 14.2. The molecule has 3 aromatic rings. The number of carbonyl (C=O) groups excluding carboxylic acids is 2. The summed E-state index contributed by atoms with van der Waals surface area (Å²) in [6.45, 7) is 10.2. The minimum atomic E-state index is -1.12. The molecule has 0 N–H and O–H groups in total. The van der Waals surface area contributed by atoms with Crippen molar-refractivity contribution in [2.24, 2.45) is 0 Å². The number of ether oxygens (including phenoxy) is 1. The van der Waals surface area contributed by atoms with E-state index in [1.165, 1.54) is 17.0 Å². The molecule has 0 unspecified atom stereocenters. The first-order chi connectivity index (χ1) is 18.7. The van der Waals surface area contributed by atoms with Crippen molar-refractivity contribution >= 4 is 27.9 Å². The van der Waals surface area contributed by atoms with E-state index in [1.807, 2.05) is 52.9 Å². The molecule has 0 bridgehead atoms. The molecule has 8 nitrogen and oxygen atoms in total. The van der Waals surface area contributed by atoms with Crippen LogP contribution in [-0.2, 0) is 27.0 Å². The van der Waals surface area contributed by atoms with Crippen LogP contribution < -0.4 is 0 Å². The summed E-state index contributed by atoms with van der Waals surface area (Å²) >= 11 is 3.54. The molecule has 10 heteroatoms. The number of rotatable bonds is 6. The van der Waals surface area contributed by atoms with Crippen LogP contribution in [0.5, 0.6) is 0 Å². The Bertz CT molecular complexity index is 1430. The molecule has 1 saturated carbocycles. The van der Waals surface area contributed by atoms with E-state index in [0.717, 1.165) is 45.3 Å². The number of amides is 2. The molecule has 1 aromatic heterocycles.